The predicted molar refractivity (Wildman–Crippen MR) is 55.9 cm³/mol. The molecule has 84 valence electrons. The predicted octanol–water partition coefficient (Wildman–Crippen LogP) is -0.340. The van der Waals surface area contributed by atoms with Gasteiger partial charge in [-0.3, -0.25) is 9.59 Å². The number of nitrogens with zero attached hydrogens (tertiary/aromatic N) is 1. The van der Waals surface area contributed by atoms with Gasteiger partial charge < -0.3 is 15.7 Å². The van der Waals surface area contributed by atoms with Gasteiger partial charge in [-0.1, -0.05) is 12.8 Å². The Morgan fingerprint density at radius 2 is 2.20 bits per heavy atom. The molecular weight excluding hydrogens is 196 g/mol. The molecule has 0 aromatic rings. The van der Waals surface area contributed by atoms with Crippen molar-refractivity contribution >= 4 is 11.9 Å². The van der Waals surface area contributed by atoms with Crippen molar-refractivity contribution in [3.05, 3.63) is 0 Å². The van der Waals surface area contributed by atoms with Crippen LogP contribution in [0.15, 0.2) is 0 Å². The molecule has 0 heterocycles. The molecule has 0 aromatic heterocycles. The molecule has 1 unspecified atom stereocenters. The van der Waals surface area contributed by atoms with E-state index in [1.165, 1.54) is 0 Å². The second-order valence-corrected chi connectivity index (χ2v) is 3.22. The van der Waals surface area contributed by atoms with Crippen LogP contribution in [0.3, 0.4) is 0 Å². The molecule has 0 bridgehead atoms. The first-order valence-corrected chi connectivity index (χ1v) is 4.69. The van der Waals surface area contributed by atoms with Crippen molar-refractivity contribution in [2.75, 3.05) is 13.1 Å². The molecule has 0 spiro atoms. The summed E-state index contributed by atoms with van der Waals surface area (Å²) >= 11 is 0. The maximum absolute atomic E-state index is 11.5. The number of carboxylic acids is 1. The number of carbonyl (C=O) groups is 2. The summed E-state index contributed by atoms with van der Waals surface area (Å²) in [4.78, 5) is 23.1. The number of aliphatic carboxylic acids is 1. The summed E-state index contributed by atoms with van der Waals surface area (Å²) in [7, 11) is 0. The quantitative estimate of drug-likeness (QED) is 0.590. The number of carbonyl (C=O) groups excluding carboxylic acids is 1. The Kier molecular flexibility index (Phi) is 6.14. The van der Waals surface area contributed by atoms with E-state index in [1.807, 2.05) is 6.92 Å². The maximum Gasteiger partial charge on any atom is 0.323 e. The van der Waals surface area contributed by atoms with E-state index in [9.17, 15) is 9.59 Å². The molecule has 15 heavy (non-hydrogen) atoms. The van der Waals surface area contributed by atoms with E-state index in [1.54, 1.807) is 0 Å². The Labute approximate surface area is 89.2 Å². The number of rotatable bonds is 6. The molecule has 3 N–H and O–H groups in total. The van der Waals surface area contributed by atoms with E-state index in [4.69, 9.17) is 17.3 Å². The SMILES string of the molecule is C#CCN(CC(=O)O)C(=O)CC(N)CC. The van der Waals surface area contributed by atoms with Gasteiger partial charge >= 0.3 is 5.97 Å². The van der Waals surface area contributed by atoms with Gasteiger partial charge in [0.05, 0.1) is 6.54 Å². The first-order valence-electron chi connectivity index (χ1n) is 4.69. The van der Waals surface area contributed by atoms with Crippen LogP contribution in [0, 0.1) is 12.3 Å². The van der Waals surface area contributed by atoms with Crippen molar-refractivity contribution in [1.82, 2.24) is 4.90 Å². The summed E-state index contributed by atoms with van der Waals surface area (Å²) in [6, 6.07) is -0.244. The molecule has 5 heteroatoms. The number of hydrogen-bond acceptors (Lipinski definition) is 3. The zero-order chi connectivity index (χ0) is 11.8. The minimum Gasteiger partial charge on any atom is -0.480 e. The lowest BCUT2D eigenvalue weighted by Gasteiger charge is -2.19. The second-order valence-electron chi connectivity index (χ2n) is 3.22. The van der Waals surface area contributed by atoms with Crippen LogP contribution < -0.4 is 5.73 Å². The van der Waals surface area contributed by atoms with Crippen LogP contribution in [0.2, 0.25) is 0 Å². The molecule has 1 atom stereocenters. The molecule has 0 rings (SSSR count). The monoisotopic (exact) mass is 212 g/mol. The van der Waals surface area contributed by atoms with Crippen molar-refractivity contribution < 1.29 is 14.7 Å². The lowest BCUT2D eigenvalue weighted by atomic mass is 10.1. The van der Waals surface area contributed by atoms with Gasteiger partial charge in [0.15, 0.2) is 0 Å². The van der Waals surface area contributed by atoms with Crippen molar-refractivity contribution in [1.29, 1.82) is 0 Å². The Bertz CT molecular complexity index is 270. The fraction of sp³-hybridized carbons (Fsp3) is 0.600. The van der Waals surface area contributed by atoms with E-state index >= 15 is 0 Å². The minimum absolute atomic E-state index is 0.00156. The zero-order valence-corrected chi connectivity index (χ0v) is 8.77. The van der Waals surface area contributed by atoms with Gasteiger partial charge in [0.1, 0.15) is 6.54 Å². The number of carboxylic acid groups (broad SMARTS) is 1. The first kappa shape index (κ1) is 13.5. The largest absolute Gasteiger partial charge is 0.480 e. The second kappa shape index (κ2) is 6.85. The van der Waals surface area contributed by atoms with E-state index in [0.29, 0.717) is 6.42 Å². The van der Waals surface area contributed by atoms with Gasteiger partial charge in [-0.2, -0.15) is 0 Å². The fourth-order valence-electron chi connectivity index (χ4n) is 1.00. The molecule has 5 nitrogen and oxygen atoms in total. The minimum atomic E-state index is -1.08. The highest BCUT2D eigenvalue weighted by Crippen LogP contribution is 1.99. The Hall–Kier alpha value is -1.54. The van der Waals surface area contributed by atoms with Crippen LogP contribution in [-0.2, 0) is 9.59 Å². The zero-order valence-electron chi connectivity index (χ0n) is 8.77. The third kappa shape index (κ3) is 5.70. The number of terminal acetylenes is 1. The van der Waals surface area contributed by atoms with E-state index < -0.39 is 5.97 Å². The van der Waals surface area contributed by atoms with Gasteiger partial charge in [0.25, 0.3) is 0 Å². The van der Waals surface area contributed by atoms with Gasteiger partial charge in [-0.15, -0.1) is 6.42 Å². The molecule has 0 aromatic carbocycles. The average Bonchev–Trinajstić information content (AvgIpc) is 2.16. The summed E-state index contributed by atoms with van der Waals surface area (Å²) in [5.74, 6) is 0.851. The number of amides is 1. The van der Waals surface area contributed by atoms with Crippen molar-refractivity contribution in [2.45, 2.75) is 25.8 Å². The van der Waals surface area contributed by atoms with Crippen LogP contribution in [0.5, 0.6) is 0 Å². The van der Waals surface area contributed by atoms with Crippen LogP contribution in [0.1, 0.15) is 19.8 Å². The highest BCUT2D eigenvalue weighted by atomic mass is 16.4. The van der Waals surface area contributed by atoms with Crippen LogP contribution >= 0.6 is 0 Å². The Morgan fingerprint density at radius 1 is 1.60 bits per heavy atom. The van der Waals surface area contributed by atoms with Crippen molar-refractivity contribution in [3.8, 4) is 12.3 Å². The Morgan fingerprint density at radius 3 is 2.60 bits per heavy atom. The average molecular weight is 212 g/mol. The van der Waals surface area contributed by atoms with Crippen LogP contribution in [0.4, 0.5) is 0 Å². The molecule has 0 saturated heterocycles. The summed E-state index contributed by atoms with van der Waals surface area (Å²) in [6.45, 7) is 1.49. The molecule has 0 radical (unpaired) electrons. The smallest absolute Gasteiger partial charge is 0.323 e. The van der Waals surface area contributed by atoms with E-state index in [-0.39, 0.29) is 31.5 Å². The summed E-state index contributed by atoms with van der Waals surface area (Å²) in [6.07, 6.45) is 5.84. The van der Waals surface area contributed by atoms with Gasteiger partial charge in [0, 0.05) is 12.5 Å². The molecule has 0 aliphatic rings. The highest BCUT2D eigenvalue weighted by molar-refractivity contribution is 5.81. The van der Waals surface area contributed by atoms with Crippen molar-refractivity contribution in [2.24, 2.45) is 5.73 Å². The lowest BCUT2D eigenvalue weighted by molar-refractivity contribution is -0.144. The van der Waals surface area contributed by atoms with Crippen molar-refractivity contribution in [3.63, 3.8) is 0 Å². The molecule has 1 amide bonds. The third-order valence-corrected chi connectivity index (χ3v) is 1.92. The standard InChI is InChI=1S/C10H16N2O3/c1-3-5-12(7-10(14)15)9(13)6-8(11)4-2/h1,8H,4-7,11H2,2H3,(H,14,15). The van der Waals surface area contributed by atoms with Crippen LogP contribution in [0.25, 0.3) is 0 Å². The fourth-order valence-corrected chi connectivity index (χ4v) is 1.00. The van der Waals surface area contributed by atoms with Gasteiger partial charge in [-0.05, 0) is 6.42 Å². The number of hydrogen-bond donors (Lipinski definition) is 2. The number of nitrogens with two attached hydrogens (primary N) is 1. The Balaban J connectivity index is 4.29. The molecule has 0 saturated carbocycles. The highest BCUT2D eigenvalue weighted by Gasteiger charge is 2.17. The lowest BCUT2D eigenvalue weighted by Crippen LogP contribution is -2.39. The first-order chi connectivity index (χ1) is 7.01. The normalized spacial score (nSPS) is 11.5. The summed E-state index contributed by atoms with van der Waals surface area (Å²) in [5, 5.41) is 8.56. The van der Waals surface area contributed by atoms with Gasteiger partial charge in [0.2, 0.25) is 5.91 Å². The van der Waals surface area contributed by atoms with E-state index in [0.717, 1.165) is 4.90 Å². The molecule has 0 aliphatic carbocycles. The molecule has 0 aliphatic heterocycles. The summed E-state index contributed by atoms with van der Waals surface area (Å²) < 4.78 is 0. The van der Waals surface area contributed by atoms with E-state index in [2.05, 4.69) is 5.92 Å². The van der Waals surface area contributed by atoms with Crippen LogP contribution in [-0.4, -0.2) is 41.0 Å². The molecular formula is C10H16N2O3. The topological polar surface area (TPSA) is 83.6 Å². The van der Waals surface area contributed by atoms with Gasteiger partial charge in [-0.25, -0.2) is 0 Å². The third-order valence-electron chi connectivity index (χ3n) is 1.92. The molecule has 0 fully saturated rings. The summed E-state index contributed by atoms with van der Waals surface area (Å²) in [5.41, 5.74) is 5.59. The maximum atomic E-state index is 11.5.